The molecule has 1 aromatic carbocycles. The standard InChI is InChI=1S/C16H16N2O2S/c19-9-8-18(14-5-2-1-3-6-14)12-13-11-15(20-17-13)16-7-4-10-21-16/h1-7,10-11,19H,8-9,12H2. The van der Waals surface area contributed by atoms with Crippen molar-refractivity contribution in [2.24, 2.45) is 0 Å². The number of nitrogens with zero attached hydrogens (tertiary/aromatic N) is 2. The first kappa shape index (κ1) is 13.9. The summed E-state index contributed by atoms with van der Waals surface area (Å²) in [5.41, 5.74) is 1.92. The Labute approximate surface area is 127 Å². The molecule has 2 heterocycles. The summed E-state index contributed by atoms with van der Waals surface area (Å²) in [6.07, 6.45) is 0. The van der Waals surface area contributed by atoms with Gasteiger partial charge in [-0.05, 0) is 23.6 Å². The van der Waals surface area contributed by atoms with Gasteiger partial charge in [-0.1, -0.05) is 29.4 Å². The van der Waals surface area contributed by atoms with E-state index in [1.807, 2.05) is 53.9 Å². The number of rotatable bonds is 6. The maximum absolute atomic E-state index is 9.25. The molecule has 5 heteroatoms. The maximum Gasteiger partial charge on any atom is 0.177 e. The Bertz CT molecular complexity index is 665. The van der Waals surface area contributed by atoms with Crippen LogP contribution in [0.4, 0.5) is 5.69 Å². The molecule has 0 aliphatic heterocycles. The second-order valence-electron chi connectivity index (χ2n) is 4.64. The molecule has 0 spiro atoms. The van der Waals surface area contributed by atoms with E-state index >= 15 is 0 Å². The van der Waals surface area contributed by atoms with Crippen molar-refractivity contribution < 1.29 is 9.63 Å². The molecule has 0 aliphatic carbocycles. The molecule has 108 valence electrons. The molecule has 4 nitrogen and oxygen atoms in total. The highest BCUT2D eigenvalue weighted by Crippen LogP contribution is 2.26. The van der Waals surface area contributed by atoms with Crippen molar-refractivity contribution in [3.63, 3.8) is 0 Å². The van der Waals surface area contributed by atoms with E-state index in [-0.39, 0.29) is 6.61 Å². The van der Waals surface area contributed by atoms with E-state index in [0.29, 0.717) is 13.1 Å². The number of aromatic nitrogens is 1. The van der Waals surface area contributed by atoms with E-state index in [1.165, 1.54) is 0 Å². The minimum atomic E-state index is 0.102. The molecule has 0 amide bonds. The lowest BCUT2D eigenvalue weighted by Crippen LogP contribution is -2.26. The van der Waals surface area contributed by atoms with Crippen molar-refractivity contribution in [1.29, 1.82) is 0 Å². The summed E-state index contributed by atoms with van der Waals surface area (Å²) in [4.78, 5) is 3.15. The predicted molar refractivity (Wildman–Crippen MR) is 84.4 cm³/mol. The number of anilines is 1. The van der Waals surface area contributed by atoms with Crippen LogP contribution in [0.25, 0.3) is 10.6 Å². The van der Waals surface area contributed by atoms with E-state index in [9.17, 15) is 5.11 Å². The summed E-state index contributed by atoms with van der Waals surface area (Å²) in [7, 11) is 0. The molecule has 0 bridgehead atoms. The minimum absolute atomic E-state index is 0.102. The third-order valence-corrected chi connectivity index (χ3v) is 4.05. The van der Waals surface area contributed by atoms with E-state index in [1.54, 1.807) is 11.3 Å². The second kappa shape index (κ2) is 6.56. The van der Waals surface area contributed by atoms with Crippen LogP contribution in [0.2, 0.25) is 0 Å². The molecular weight excluding hydrogens is 284 g/mol. The number of aliphatic hydroxyl groups is 1. The summed E-state index contributed by atoms with van der Waals surface area (Å²) >= 11 is 1.63. The topological polar surface area (TPSA) is 49.5 Å². The molecular formula is C16H16N2O2S. The Kier molecular flexibility index (Phi) is 4.33. The van der Waals surface area contributed by atoms with Crippen molar-refractivity contribution >= 4 is 17.0 Å². The molecule has 0 aliphatic rings. The molecule has 0 atom stereocenters. The lowest BCUT2D eigenvalue weighted by atomic mass is 10.2. The number of thiophene rings is 1. The Balaban J connectivity index is 1.77. The summed E-state index contributed by atoms with van der Waals surface area (Å²) < 4.78 is 5.40. The maximum atomic E-state index is 9.25. The van der Waals surface area contributed by atoms with Gasteiger partial charge in [-0.25, -0.2) is 0 Å². The first-order valence-corrected chi connectivity index (χ1v) is 7.65. The zero-order valence-corrected chi connectivity index (χ0v) is 12.3. The van der Waals surface area contributed by atoms with Crippen LogP contribution in [0, 0.1) is 0 Å². The number of hydrogen-bond donors (Lipinski definition) is 1. The van der Waals surface area contributed by atoms with Crippen molar-refractivity contribution in [2.45, 2.75) is 6.54 Å². The number of benzene rings is 1. The largest absolute Gasteiger partial charge is 0.395 e. The zero-order chi connectivity index (χ0) is 14.5. The van der Waals surface area contributed by atoms with Gasteiger partial charge in [0.15, 0.2) is 5.76 Å². The van der Waals surface area contributed by atoms with Crippen molar-refractivity contribution in [2.75, 3.05) is 18.1 Å². The van der Waals surface area contributed by atoms with Crippen molar-refractivity contribution in [1.82, 2.24) is 5.16 Å². The Morgan fingerprint density at radius 1 is 1.14 bits per heavy atom. The molecule has 0 unspecified atom stereocenters. The summed E-state index contributed by atoms with van der Waals surface area (Å²) in [5.74, 6) is 0.789. The lowest BCUT2D eigenvalue weighted by molar-refractivity contribution is 0.301. The number of para-hydroxylation sites is 1. The Morgan fingerprint density at radius 2 is 2.00 bits per heavy atom. The molecule has 21 heavy (non-hydrogen) atoms. The molecule has 0 fully saturated rings. The highest BCUT2D eigenvalue weighted by molar-refractivity contribution is 7.13. The summed E-state index contributed by atoms with van der Waals surface area (Å²) in [6.45, 7) is 1.27. The molecule has 3 aromatic rings. The Morgan fingerprint density at radius 3 is 2.71 bits per heavy atom. The normalized spacial score (nSPS) is 10.7. The average Bonchev–Trinajstić information content (AvgIpc) is 3.19. The highest BCUT2D eigenvalue weighted by Gasteiger charge is 2.12. The highest BCUT2D eigenvalue weighted by atomic mass is 32.1. The second-order valence-corrected chi connectivity index (χ2v) is 5.59. The van der Waals surface area contributed by atoms with Crippen molar-refractivity contribution in [3.8, 4) is 10.6 Å². The molecule has 1 N–H and O–H groups in total. The van der Waals surface area contributed by atoms with Gasteiger partial charge >= 0.3 is 0 Å². The summed E-state index contributed by atoms with van der Waals surface area (Å²) in [5, 5.41) is 15.4. The molecule has 0 radical (unpaired) electrons. The molecule has 3 rings (SSSR count). The van der Waals surface area contributed by atoms with Gasteiger partial charge in [0.1, 0.15) is 5.69 Å². The molecule has 0 saturated carbocycles. The van der Waals surface area contributed by atoms with Gasteiger partial charge in [0.05, 0.1) is 18.0 Å². The van der Waals surface area contributed by atoms with Crippen LogP contribution >= 0.6 is 11.3 Å². The van der Waals surface area contributed by atoms with Crippen LogP contribution in [-0.2, 0) is 6.54 Å². The number of aliphatic hydroxyl groups excluding tert-OH is 1. The van der Waals surface area contributed by atoms with Crippen molar-refractivity contribution in [3.05, 3.63) is 59.6 Å². The first-order chi connectivity index (χ1) is 10.4. The third-order valence-electron chi connectivity index (χ3n) is 3.17. The molecule has 0 saturated heterocycles. The van der Waals surface area contributed by atoms with Gasteiger partial charge in [0, 0.05) is 18.3 Å². The van der Waals surface area contributed by atoms with Crippen LogP contribution in [0.1, 0.15) is 5.69 Å². The van der Waals surface area contributed by atoms with Crippen LogP contribution in [0.3, 0.4) is 0 Å². The average molecular weight is 300 g/mol. The fourth-order valence-electron chi connectivity index (χ4n) is 2.18. The van der Waals surface area contributed by atoms with E-state index in [2.05, 4.69) is 10.1 Å². The fourth-order valence-corrected chi connectivity index (χ4v) is 2.85. The quantitative estimate of drug-likeness (QED) is 0.758. The predicted octanol–water partition coefficient (Wildman–Crippen LogP) is 3.40. The van der Waals surface area contributed by atoms with Crippen LogP contribution in [-0.4, -0.2) is 23.4 Å². The summed E-state index contributed by atoms with van der Waals surface area (Å²) in [6, 6.07) is 16.0. The fraction of sp³-hybridized carbons (Fsp3) is 0.188. The molecule has 2 aromatic heterocycles. The van der Waals surface area contributed by atoms with Gasteiger partial charge in [-0.15, -0.1) is 11.3 Å². The van der Waals surface area contributed by atoms with Crippen LogP contribution < -0.4 is 4.90 Å². The minimum Gasteiger partial charge on any atom is -0.395 e. The third kappa shape index (κ3) is 3.32. The van der Waals surface area contributed by atoms with Gasteiger partial charge in [0.2, 0.25) is 0 Å². The van der Waals surface area contributed by atoms with Gasteiger partial charge < -0.3 is 14.5 Å². The zero-order valence-electron chi connectivity index (χ0n) is 11.5. The van der Waals surface area contributed by atoms with Gasteiger partial charge in [-0.2, -0.15) is 0 Å². The Hall–Kier alpha value is -2.11. The lowest BCUT2D eigenvalue weighted by Gasteiger charge is -2.22. The number of hydrogen-bond acceptors (Lipinski definition) is 5. The van der Waals surface area contributed by atoms with Gasteiger partial charge in [0.25, 0.3) is 0 Å². The van der Waals surface area contributed by atoms with Crippen LogP contribution in [0.15, 0.2) is 58.4 Å². The SMILES string of the molecule is OCCN(Cc1cc(-c2cccs2)on1)c1ccccc1. The van der Waals surface area contributed by atoms with Crippen LogP contribution in [0.5, 0.6) is 0 Å². The van der Waals surface area contributed by atoms with E-state index in [0.717, 1.165) is 22.0 Å². The monoisotopic (exact) mass is 300 g/mol. The van der Waals surface area contributed by atoms with Gasteiger partial charge in [-0.3, -0.25) is 0 Å². The van der Waals surface area contributed by atoms with E-state index in [4.69, 9.17) is 4.52 Å². The first-order valence-electron chi connectivity index (χ1n) is 6.77. The van der Waals surface area contributed by atoms with E-state index < -0.39 is 0 Å². The smallest absolute Gasteiger partial charge is 0.177 e.